The summed E-state index contributed by atoms with van der Waals surface area (Å²) in [5.41, 5.74) is -0.968. The van der Waals surface area contributed by atoms with Gasteiger partial charge in [0.15, 0.2) is 0 Å². The van der Waals surface area contributed by atoms with Crippen molar-refractivity contribution in [1.29, 1.82) is 0 Å². The molecule has 0 bridgehead atoms. The highest BCUT2D eigenvalue weighted by Gasteiger charge is 2.42. The third-order valence-corrected chi connectivity index (χ3v) is 6.26. The van der Waals surface area contributed by atoms with Crippen molar-refractivity contribution in [1.82, 2.24) is 5.32 Å². The highest BCUT2D eigenvalue weighted by Crippen LogP contribution is 2.32. The molecule has 0 aliphatic carbocycles. The largest absolute Gasteiger partial charge is 0.481 e. The number of nitrogens with zero attached hydrogens (tertiary/aromatic N) is 2. The number of rotatable bonds is 14. The molecule has 2 N–H and O–H groups in total. The number of hydrogen-bond donors (Lipinski definition) is 3. The Bertz CT molecular complexity index is 714. The number of carboxylic acids is 1. The third-order valence-electron chi connectivity index (χ3n) is 4.87. The van der Waals surface area contributed by atoms with Crippen LogP contribution in [0, 0.1) is 6.57 Å². The molecule has 8 nitrogen and oxygen atoms in total. The van der Waals surface area contributed by atoms with E-state index in [2.05, 4.69) is 22.8 Å². The van der Waals surface area contributed by atoms with Crippen LogP contribution in [0.3, 0.4) is 0 Å². The number of hydrogen-bond acceptors (Lipinski definition) is 5. The van der Waals surface area contributed by atoms with Crippen molar-refractivity contribution in [3.63, 3.8) is 0 Å². The van der Waals surface area contributed by atoms with E-state index in [0.717, 1.165) is 19.5 Å². The van der Waals surface area contributed by atoms with Crippen LogP contribution in [0.1, 0.15) is 46.0 Å². The number of nitrogens with one attached hydrogen (secondary N) is 1. The van der Waals surface area contributed by atoms with Crippen LogP contribution in [0.4, 0.5) is 0 Å². The fraction of sp³-hybridized carbons (Fsp3) is 0.842. The fourth-order valence-electron chi connectivity index (χ4n) is 3.15. The molecule has 0 radical (unpaired) electrons. The third kappa shape index (κ3) is 12.8. The van der Waals surface area contributed by atoms with E-state index in [-0.39, 0.29) is 30.9 Å². The molecule has 0 saturated heterocycles. The monoisotopic (exact) mass is 450 g/mol. The van der Waals surface area contributed by atoms with Crippen molar-refractivity contribution < 1.29 is 27.6 Å². The highest BCUT2D eigenvalue weighted by molar-refractivity contribution is 7.90. The van der Waals surface area contributed by atoms with Gasteiger partial charge in [-0.25, -0.2) is 15.0 Å². The van der Waals surface area contributed by atoms with Gasteiger partial charge < -0.3 is 19.8 Å². The molecule has 0 aromatic heterocycles. The van der Waals surface area contributed by atoms with Crippen molar-refractivity contribution in [2.24, 2.45) is 0 Å². The second kappa shape index (κ2) is 11.2. The highest BCUT2D eigenvalue weighted by atomic mass is 32.2. The van der Waals surface area contributed by atoms with Crippen molar-refractivity contribution in [3.05, 3.63) is 11.4 Å². The molecule has 0 aliphatic rings. The first-order chi connectivity index (χ1) is 13.0. The van der Waals surface area contributed by atoms with Crippen LogP contribution in [0.15, 0.2) is 0 Å². The molecule has 0 aliphatic heterocycles. The van der Waals surface area contributed by atoms with Gasteiger partial charge in [0.2, 0.25) is 11.4 Å². The van der Waals surface area contributed by atoms with Gasteiger partial charge >= 0.3 is 5.97 Å². The van der Waals surface area contributed by atoms with Gasteiger partial charge in [-0.3, -0.25) is 9.59 Å². The lowest BCUT2D eigenvalue weighted by molar-refractivity contribution is -0.890. The number of carbonyl (C=O) groups is 2. The van der Waals surface area contributed by atoms with Crippen LogP contribution in [-0.4, -0.2) is 85.9 Å². The van der Waals surface area contributed by atoms with E-state index in [1.54, 1.807) is 13.8 Å². The molecule has 29 heavy (non-hydrogen) atoms. The molecule has 2 unspecified atom stereocenters. The number of carboxylic acid groups (broad SMARTS) is 1. The predicted molar refractivity (Wildman–Crippen MR) is 118 cm³/mol. The van der Waals surface area contributed by atoms with Gasteiger partial charge in [-0.15, -0.1) is 0 Å². The summed E-state index contributed by atoms with van der Waals surface area (Å²) < 4.78 is 22.0. The summed E-state index contributed by atoms with van der Waals surface area (Å²) in [6.07, 6.45) is 2.74. The van der Waals surface area contributed by atoms with Crippen LogP contribution in [0.25, 0.3) is 4.85 Å². The van der Waals surface area contributed by atoms with Gasteiger partial charge in [-0.1, -0.05) is 0 Å². The van der Waals surface area contributed by atoms with Crippen molar-refractivity contribution >= 4 is 34.3 Å². The Labute approximate surface area is 180 Å². The molecule has 0 aromatic carbocycles. The summed E-state index contributed by atoms with van der Waals surface area (Å²) in [7, 11) is 1.09. The summed E-state index contributed by atoms with van der Waals surface area (Å²) in [5, 5.41) is 11.7. The maximum atomic E-state index is 12.5. The summed E-state index contributed by atoms with van der Waals surface area (Å²) in [6.45, 7) is 12.6. The average molecular weight is 451 g/mol. The van der Waals surface area contributed by atoms with Crippen LogP contribution >= 0.6 is 12.6 Å². The van der Waals surface area contributed by atoms with E-state index in [4.69, 9.17) is 11.7 Å². The van der Waals surface area contributed by atoms with E-state index in [1.807, 2.05) is 14.1 Å². The van der Waals surface area contributed by atoms with Crippen LogP contribution in [-0.2, 0) is 19.4 Å². The molecule has 0 rings (SSSR count). The number of aliphatic carboxylic acids is 1. The number of carbonyl (C=O) groups excluding carboxylic acids is 1. The number of sulfone groups is 1. The van der Waals surface area contributed by atoms with Gasteiger partial charge in [0.05, 0.1) is 44.1 Å². The van der Waals surface area contributed by atoms with Gasteiger partial charge in [0.25, 0.3) is 0 Å². The summed E-state index contributed by atoms with van der Waals surface area (Å²) >= 11 is 4.44. The first-order valence-corrected chi connectivity index (χ1v) is 12.1. The van der Waals surface area contributed by atoms with Gasteiger partial charge in [-0.05, 0) is 6.92 Å². The van der Waals surface area contributed by atoms with E-state index in [0.29, 0.717) is 17.4 Å². The molecule has 168 valence electrons. The lowest BCUT2D eigenvalue weighted by atomic mass is 9.85. The minimum absolute atomic E-state index is 0.128. The van der Waals surface area contributed by atoms with E-state index < -0.39 is 26.1 Å². The molecular weight excluding hydrogens is 414 g/mol. The molecule has 0 aromatic rings. The molecular formula is C19H36N3O5S2+. The molecule has 0 spiro atoms. The number of amides is 1. The smallest absolute Gasteiger partial charge is 0.303 e. The predicted octanol–water partition coefficient (Wildman–Crippen LogP) is 1.63. The number of quaternary nitrogens is 1. The Kier molecular flexibility index (Phi) is 10.7. The lowest BCUT2D eigenvalue weighted by Gasteiger charge is -2.30. The molecule has 2 atom stereocenters. The molecule has 0 fully saturated rings. The van der Waals surface area contributed by atoms with Crippen LogP contribution < -0.4 is 5.32 Å². The second-order valence-corrected chi connectivity index (χ2v) is 12.2. The van der Waals surface area contributed by atoms with Crippen molar-refractivity contribution in [2.75, 3.05) is 45.7 Å². The minimum Gasteiger partial charge on any atom is -0.481 e. The van der Waals surface area contributed by atoms with E-state index in [9.17, 15) is 18.0 Å². The standard InChI is InChI=1S/C19H35N3O5S2/c1-18(20-3,10-9-16(23)24)15-19(2,28)17(25)21-11-7-12-22(4,5)13-8-14-29(6,26)27/h7-15H2,1-2,4-6H3,(H2-,21,23,24,25,28)/p+1. The van der Waals surface area contributed by atoms with E-state index in [1.165, 1.54) is 6.26 Å². The summed E-state index contributed by atoms with van der Waals surface area (Å²) in [4.78, 5) is 26.9. The van der Waals surface area contributed by atoms with Crippen molar-refractivity contribution in [3.8, 4) is 0 Å². The first-order valence-electron chi connectivity index (χ1n) is 9.63. The molecule has 1 amide bonds. The lowest BCUT2D eigenvalue weighted by Crippen LogP contribution is -2.47. The summed E-state index contributed by atoms with van der Waals surface area (Å²) in [5.74, 6) is -1.08. The normalized spacial score (nSPS) is 16.3. The van der Waals surface area contributed by atoms with E-state index >= 15 is 0 Å². The maximum absolute atomic E-state index is 12.5. The Hall–Kier alpha value is -1.31. The molecule has 0 saturated carbocycles. The first kappa shape index (κ1) is 27.7. The molecule has 10 heteroatoms. The molecule has 0 heterocycles. The van der Waals surface area contributed by atoms with Crippen LogP contribution in [0.2, 0.25) is 0 Å². The Morgan fingerprint density at radius 3 is 2.24 bits per heavy atom. The summed E-state index contributed by atoms with van der Waals surface area (Å²) in [6, 6.07) is 0. The van der Waals surface area contributed by atoms with Gasteiger partial charge in [-0.2, -0.15) is 12.6 Å². The topological polar surface area (TPSA) is 105 Å². The Morgan fingerprint density at radius 1 is 1.21 bits per heavy atom. The van der Waals surface area contributed by atoms with Gasteiger partial charge in [0.1, 0.15) is 9.84 Å². The SMILES string of the molecule is [C-]#[N+]C(C)(CCC(=O)O)CC(C)(S)C(=O)NCCC[N+](C)(C)CCCS(C)(=O)=O. The van der Waals surface area contributed by atoms with Gasteiger partial charge in [0, 0.05) is 45.4 Å². The Morgan fingerprint density at radius 2 is 1.76 bits per heavy atom. The minimum atomic E-state index is -2.95. The zero-order valence-electron chi connectivity index (χ0n) is 18.2. The quantitative estimate of drug-likeness (QED) is 0.161. The Balaban J connectivity index is 4.50. The maximum Gasteiger partial charge on any atom is 0.303 e. The zero-order valence-corrected chi connectivity index (χ0v) is 19.9. The second-order valence-electron chi connectivity index (χ2n) is 8.93. The van der Waals surface area contributed by atoms with Crippen LogP contribution in [0.5, 0.6) is 0 Å². The fourth-order valence-corrected chi connectivity index (χ4v) is 4.22. The van der Waals surface area contributed by atoms with Crippen molar-refractivity contribution in [2.45, 2.75) is 56.2 Å². The number of thiol groups is 1. The average Bonchev–Trinajstić information content (AvgIpc) is 2.55. The zero-order chi connectivity index (χ0) is 22.9.